The van der Waals surface area contributed by atoms with E-state index < -0.39 is 14.6 Å². The molecule has 6 nitrogen and oxygen atoms in total. The van der Waals surface area contributed by atoms with Gasteiger partial charge in [0.2, 0.25) is 0 Å². The Bertz CT molecular complexity index is 803. The predicted molar refractivity (Wildman–Crippen MR) is 114 cm³/mol. The van der Waals surface area contributed by atoms with Gasteiger partial charge in [-0.2, -0.15) is 0 Å². The smallest absolute Gasteiger partial charge is 0.191 e. The van der Waals surface area contributed by atoms with E-state index in [0.717, 1.165) is 24.9 Å². The van der Waals surface area contributed by atoms with Crippen LogP contribution in [-0.2, 0) is 9.84 Å². The number of sulfone groups is 1. The van der Waals surface area contributed by atoms with Gasteiger partial charge in [0.15, 0.2) is 15.8 Å². The van der Waals surface area contributed by atoms with E-state index in [0.29, 0.717) is 24.7 Å². The molecule has 1 saturated heterocycles. The first-order chi connectivity index (χ1) is 13.0. The van der Waals surface area contributed by atoms with Crippen LogP contribution in [0.15, 0.2) is 23.2 Å². The van der Waals surface area contributed by atoms with Gasteiger partial charge in [-0.3, -0.25) is 4.99 Å². The van der Waals surface area contributed by atoms with Crippen molar-refractivity contribution < 1.29 is 12.8 Å². The summed E-state index contributed by atoms with van der Waals surface area (Å²) in [6.45, 7) is 8.85. The molecule has 1 heterocycles. The summed E-state index contributed by atoms with van der Waals surface area (Å²) in [7, 11) is -1.52. The monoisotopic (exact) mass is 412 g/mol. The van der Waals surface area contributed by atoms with Crippen molar-refractivity contribution in [2.75, 3.05) is 37.3 Å². The Balaban J connectivity index is 1.93. The molecule has 1 atom stereocenters. The van der Waals surface area contributed by atoms with E-state index in [1.54, 1.807) is 33.9 Å². The average molecular weight is 413 g/mol. The van der Waals surface area contributed by atoms with E-state index in [-0.39, 0.29) is 17.6 Å². The van der Waals surface area contributed by atoms with Gasteiger partial charge >= 0.3 is 0 Å². The van der Waals surface area contributed by atoms with Crippen LogP contribution < -0.4 is 15.5 Å². The van der Waals surface area contributed by atoms with Crippen LogP contribution in [0.1, 0.15) is 39.2 Å². The minimum absolute atomic E-state index is 0.0441. The fraction of sp³-hybridized carbons (Fsp3) is 0.650. The molecule has 1 fully saturated rings. The zero-order valence-corrected chi connectivity index (χ0v) is 18.4. The summed E-state index contributed by atoms with van der Waals surface area (Å²) in [4.78, 5) is 6.26. The average Bonchev–Trinajstić information content (AvgIpc) is 2.62. The molecule has 158 valence electrons. The van der Waals surface area contributed by atoms with Crippen LogP contribution in [0.5, 0.6) is 0 Å². The van der Waals surface area contributed by atoms with Crippen molar-refractivity contribution in [3.05, 3.63) is 29.6 Å². The molecule has 0 aromatic heterocycles. The summed E-state index contributed by atoms with van der Waals surface area (Å²) >= 11 is 0. The van der Waals surface area contributed by atoms with Crippen LogP contribution in [0.2, 0.25) is 0 Å². The van der Waals surface area contributed by atoms with E-state index >= 15 is 0 Å². The number of halogens is 1. The van der Waals surface area contributed by atoms with Gasteiger partial charge in [0.1, 0.15) is 5.82 Å². The first-order valence-electron chi connectivity index (χ1n) is 9.74. The highest BCUT2D eigenvalue weighted by Crippen LogP contribution is 2.24. The highest BCUT2D eigenvalue weighted by Gasteiger charge is 2.28. The molecule has 1 aliphatic heterocycles. The van der Waals surface area contributed by atoms with Crippen molar-refractivity contribution in [3.63, 3.8) is 0 Å². The third-order valence-corrected chi connectivity index (χ3v) is 7.63. The van der Waals surface area contributed by atoms with Crippen LogP contribution in [-0.4, -0.2) is 57.6 Å². The van der Waals surface area contributed by atoms with Gasteiger partial charge in [-0.15, -0.1) is 0 Å². The van der Waals surface area contributed by atoms with Crippen LogP contribution >= 0.6 is 0 Å². The molecule has 28 heavy (non-hydrogen) atoms. The molecule has 0 saturated carbocycles. The molecule has 0 radical (unpaired) electrons. The Labute approximate surface area is 168 Å². The number of rotatable bonds is 5. The number of guanidine groups is 1. The Morgan fingerprint density at radius 1 is 1.36 bits per heavy atom. The number of hydrogen-bond acceptors (Lipinski definition) is 4. The summed E-state index contributed by atoms with van der Waals surface area (Å²) in [5.41, 5.74) is 1.66. The van der Waals surface area contributed by atoms with Crippen molar-refractivity contribution in [1.29, 1.82) is 0 Å². The van der Waals surface area contributed by atoms with Crippen molar-refractivity contribution >= 4 is 21.5 Å². The molecular formula is C20H33FN4O2S. The number of aryl methyl sites for hydroxylation is 1. The number of benzene rings is 1. The highest BCUT2D eigenvalue weighted by molar-refractivity contribution is 7.92. The van der Waals surface area contributed by atoms with Crippen LogP contribution in [0, 0.1) is 12.7 Å². The van der Waals surface area contributed by atoms with Crippen LogP contribution in [0.3, 0.4) is 0 Å². The number of hydrogen-bond donors (Lipinski definition) is 2. The highest BCUT2D eigenvalue weighted by atomic mass is 32.2. The SMILES string of the molecule is CN=C(NCCS(=O)(=O)C(C)(C)C)NC1CCCN(c2cc(C)ccc2F)C1. The molecule has 0 spiro atoms. The van der Waals surface area contributed by atoms with Gasteiger partial charge in [0.25, 0.3) is 0 Å². The summed E-state index contributed by atoms with van der Waals surface area (Å²) in [5.74, 6) is 0.407. The zero-order valence-electron chi connectivity index (χ0n) is 17.5. The molecule has 1 aromatic carbocycles. The van der Waals surface area contributed by atoms with Gasteiger partial charge in [0.05, 0.1) is 16.2 Å². The molecule has 1 aliphatic rings. The van der Waals surface area contributed by atoms with Crippen molar-refractivity contribution in [2.24, 2.45) is 4.99 Å². The molecule has 2 rings (SSSR count). The lowest BCUT2D eigenvalue weighted by Crippen LogP contribution is -2.52. The number of anilines is 1. The van der Waals surface area contributed by atoms with Crippen molar-refractivity contribution in [1.82, 2.24) is 10.6 Å². The first-order valence-corrected chi connectivity index (χ1v) is 11.4. The van der Waals surface area contributed by atoms with Crippen molar-refractivity contribution in [3.8, 4) is 0 Å². The van der Waals surface area contributed by atoms with E-state index in [1.807, 2.05) is 13.0 Å². The normalized spacial score (nSPS) is 18.9. The van der Waals surface area contributed by atoms with E-state index in [4.69, 9.17) is 0 Å². The van der Waals surface area contributed by atoms with Gasteiger partial charge in [-0.1, -0.05) is 6.07 Å². The number of piperidine rings is 1. The first kappa shape index (κ1) is 22.5. The third-order valence-electron chi connectivity index (χ3n) is 5.02. The van der Waals surface area contributed by atoms with Gasteiger partial charge in [-0.05, 0) is 58.2 Å². The number of nitrogens with zero attached hydrogens (tertiary/aromatic N) is 2. The lowest BCUT2D eigenvalue weighted by Gasteiger charge is -2.35. The van der Waals surface area contributed by atoms with Crippen LogP contribution in [0.25, 0.3) is 0 Å². The molecule has 1 aromatic rings. The quantitative estimate of drug-likeness (QED) is 0.574. The molecular weight excluding hydrogens is 379 g/mol. The van der Waals surface area contributed by atoms with E-state index in [1.165, 1.54) is 6.07 Å². The summed E-state index contributed by atoms with van der Waals surface area (Å²) in [6.07, 6.45) is 1.89. The minimum Gasteiger partial charge on any atom is -0.367 e. The molecule has 0 aliphatic carbocycles. The van der Waals surface area contributed by atoms with Crippen molar-refractivity contribution in [2.45, 2.75) is 51.3 Å². The largest absolute Gasteiger partial charge is 0.367 e. The number of nitrogens with one attached hydrogen (secondary N) is 2. The molecule has 1 unspecified atom stereocenters. The summed E-state index contributed by atoms with van der Waals surface area (Å²) < 4.78 is 37.9. The van der Waals surface area contributed by atoms with Gasteiger partial charge in [-0.25, -0.2) is 12.8 Å². The maximum absolute atomic E-state index is 14.2. The zero-order chi connectivity index (χ0) is 20.9. The van der Waals surface area contributed by atoms with E-state index in [9.17, 15) is 12.8 Å². The predicted octanol–water partition coefficient (Wildman–Crippen LogP) is 2.48. The second-order valence-corrected chi connectivity index (χ2v) is 11.2. The fourth-order valence-electron chi connectivity index (χ4n) is 3.18. The molecule has 8 heteroatoms. The van der Waals surface area contributed by atoms with E-state index in [2.05, 4.69) is 20.5 Å². The maximum Gasteiger partial charge on any atom is 0.191 e. The standard InChI is InChI=1S/C20H33FN4O2S/c1-15-8-9-17(21)18(13-15)25-11-6-7-16(14-25)24-19(22-5)23-10-12-28(26,27)20(2,3)4/h8-9,13,16H,6-7,10-12,14H2,1-5H3,(H2,22,23,24). The summed E-state index contributed by atoms with van der Waals surface area (Å²) in [5, 5.41) is 6.43. The lowest BCUT2D eigenvalue weighted by molar-refractivity contribution is 0.463. The fourth-order valence-corrected chi connectivity index (χ4v) is 4.16. The third kappa shape index (κ3) is 5.83. The molecule has 0 amide bonds. The maximum atomic E-state index is 14.2. The minimum atomic E-state index is -3.18. The number of aliphatic imine (C=N–C) groups is 1. The lowest BCUT2D eigenvalue weighted by atomic mass is 10.0. The summed E-state index contributed by atoms with van der Waals surface area (Å²) in [6, 6.07) is 5.27. The van der Waals surface area contributed by atoms with Gasteiger partial charge < -0.3 is 15.5 Å². The Morgan fingerprint density at radius 3 is 2.71 bits per heavy atom. The Hall–Kier alpha value is -1.83. The molecule has 0 bridgehead atoms. The Kier molecular flexibility index (Phi) is 7.31. The molecule has 2 N–H and O–H groups in total. The Morgan fingerprint density at radius 2 is 2.07 bits per heavy atom. The second kappa shape index (κ2) is 9.11. The second-order valence-electron chi connectivity index (χ2n) is 8.31. The topological polar surface area (TPSA) is 73.8 Å². The van der Waals surface area contributed by atoms with Gasteiger partial charge in [0, 0.05) is 32.7 Å². The van der Waals surface area contributed by atoms with Crippen LogP contribution in [0.4, 0.5) is 10.1 Å².